The summed E-state index contributed by atoms with van der Waals surface area (Å²) in [5.41, 5.74) is 0.241. The van der Waals surface area contributed by atoms with E-state index in [4.69, 9.17) is 0 Å². The van der Waals surface area contributed by atoms with Crippen LogP contribution < -0.4 is 10.6 Å². The van der Waals surface area contributed by atoms with Gasteiger partial charge in [-0.3, -0.25) is 4.90 Å². The molecule has 1 aliphatic carbocycles. The molecule has 0 amide bonds. The van der Waals surface area contributed by atoms with Crippen molar-refractivity contribution in [3.8, 4) is 0 Å². The molecule has 2 rings (SSSR count). The van der Waals surface area contributed by atoms with E-state index in [0.717, 1.165) is 25.7 Å². The van der Waals surface area contributed by atoms with Gasteiger partial charge in [-0.1, -0.05) is 38.5 Å². The van der Waals surface area contributed by atoms with Crippen LogP contribution in [0.3, 0.4) is 0 Å². The van der Waals surface area contributed by atoms with Crippen LogP contribution in [0.4, 0.5) is 0 Å². The minimum atomic E-state index is 0.241. The van der Waals surface area contributed by atoms with E-state index in [1.807, 2.05) is 0 Å². The molecule has 0 bridgehead atoms. The van der Waals surface area contributed by atoms with Crippen LogP contribution in [-0.2, 0) is 0 Å². The van der Waals surface area contributed by atoms with Crippen LogP contribution >= 0.6 is 0 Å². The Bertz CT molecular complexity index is 280. The maximum absolute atomic E-state index is 3.72. The number of hydrogen-bond donors (Lipinski definition) is 2. The predicted octanol–water partition coefficient (Wildman–Crippen LogP) is 3.15. The minimum absolute atomic E-state index is 0.241. The molecule has 2 fully saturated rings. The van der Waals surface area contributed by atoms with Crippen molar-refractivity contribution in [3.63, 3.8) is 0 Å². The van der Waals surface area contributed by atoms with Crippen LogP contribution in [0.15, 0.2) is 0 Å². The van der Waals surface area contributed by atoms with Crippen molar-refractivity contribution in [1.29, 1.82) is 0 Å². The van der Waals surface area contributed by atoms with Crippen molar-refractivity contribution in [2.75, 3.05) is 26.2 Å². The molecule has 0 radical (unpaired) electrons. The fraction of sp³-hybridized carbons (Fsp3) is 1.00. The molecule has 2 N–H and O–H groups in total. The third-order valence-corrected chi connectivity index (χ3v) is 5.85. The molecule has 1 saturated heterocycles. The first-order chi connectivity index (χ1) is 10.1. The minimum Gasteiger partial charge on any atom is -0.314 e. The number of rotatable bonds is 1. The standard InChI is InChI=1S/C18H37N3/c1-16-18(2,3)21(15-14-19-12-13-20-16)17-10-8-6-4-5-7-9-11-17/h16-17,19-20H,4-15H2,1-3H3. The van der Waals surface area contributed by atoms with Gasteiger partial charge >= 0.3 is 0 Å². The first kappa shape index (κ1) is 17.2. The Morgan fingerprint density at radius 1 is 0.857 bits per heavy atom. The smallest absolute Gasteiger partial charge is 0.0307 e. The van der Waals surface area contributed by atoms with E-state index in [-0.39, 0.29) is 5.54 Å². The van der Waals surface area contributed by atoms with Gasteiger partial charge in [-0.2, -0.15) is 0 Å². The highest BCUT2D eigenvalue weighted by Crippen LogP contribution is 2.28. The summed E-state index contributed by atoms with van der Waals surface area (Å²) in [6.45, 7) is 11.8. The molecule has 124 valence electrons. The molecule has 1 unspecified atom stereocenters. The first-order valence-electron chi connectivity index (χ1n) is 9.33. The average Bonchev–Trinajstić information content (AvgIpc) is 2.62. The van der Waals surface area contributed by atoms with Crippen LogP contribution in [-0.4, -0.2) is 48.7 Å². The van der Waals surface area contributed by atoms with E-state index in [0.29, 0.717) is 6.04 Å². The van der Waals surface area contributed by atoms with Crippen LogP contribution in [0, 0.1) is 0 Å². The lowest BCUT2D eigenvalue weighted by atomic mass is 9.89. The zero-order valence-electron chi connectivity index (χ0n) is 14.6. The summed E-state index contributed by atoms with van der Waals surface area (Å²) in [6, 6.07) is 1.33. The number of nitrogens with zero attached hydrogens (tertiary/aromatic N) is 1. The van der Waals surface area contributed by atoms with Crippen molar-refractivity contribution < 1.29 is 0 Å². The highest BCUT2D eigenvalue weighted by Gasteiger charge is 2.36. The van der Waals surface area contributed by atoms with E-state index >= 15 is 0 Å². The van der Waals surface area contributed by atoms with E-state index in [1.54, 1.807) is 0 Å². The van der Waals surface area contributed by atoms with Gasteiger partial charge in [-0.05, 0) is 33.6 Å². The Morgan fingerprint density at radius 3 is 2.14 bits per heavy atom. The monoisotopic (exact) mass is 295 g/mol. The second-order valence-corrected chi connectivity index (χ2v) is 7.63. The number of hydrogen-bond acceptors (Lipinski definition) is 3. The molecule has 1 aliphatic heterocycles. The fourth-order valence-corrected chi connectivity index (χ4v) is 4.06. The Hall–Kier alpha value is -0.120. The SMILES string of the molecule is CC1NCCNCCN(C2CCCCCCCC2)C1(C)C. The molecule has 3 heteroatoms. The average molecular weight is 296 g/mol. The summed E-state index contributed by atoms with van der Waals surface area (Å²) in [6.07, 6.45) is 11.4. The second-order valence-electron chi connectivity index (χ2n) is 7.63. The Balaban J connectivity index is 2.09. The molecular weight excluding hydrogens is 258 g/mol. The van der Waals surface area contributed by atoms with E-state index in [9.17, 15) is 0 Å². The van der Waals surface area contributed by atoms with Crippen LogP contribution in [0.5, 0.6) is 0 Å². The van der Waals surface area contributed by atoms with E-state index in [1.165, 1.54) is 57.9 Å². The molecule has 0 aromatic carbocycles. The highest BCUT2D eigenvalue weighted by atomic mass is 15.3. The third-order valence-electron chi connectivity index (χ3n) is 5.85. The molecule has 2 aliphatic rings. The summed E-state index contributed by atoms with van der Waals surface area (Å²) in [7, 11) is 0. The van der Waals surface area contributed by atoms with Gasteiger partial charge in [0, 0.05) is 43.8 Å². The Morgan fingerprint density at radius 2 is 1.48 bits per heavy atom. The lowest BCUT2D eigenvalue weighted by Crippen LogP contribution is -2.60. The molecule has 0 aromatic rings. The Kier molecular flexibility index (Phi) is 6.97. The summed E-state index contributed by atoms with van der Waals surface area (Å²) in [4.78, 5) is 2.83. The quantitative estimate of drug-likeness (QED) is 0.778. The van der Waals surface area contributed by atoms with Crippen LogP contribution in [0.1, 0.15) is 72.1 Å². The molecule has 0 aromatic heterocycles. The van der Waals surface area contributed by atoms with Crippen molar-refractivity contribution in [1.82, 2.24) is 15.5 Å². The topological polar surface area (TPSA) is 27.3 Å². The molecule has 1 heterocycles. The van der Waals surface area contributed by atoms with E-state index < -0.39 is 0 Å². The van der Waals surface area contributed by atoms with Crippen molar-refractivity contribution in [2.24, 2.45) is 0 Å². The van der Waals surface area contributed by atoms with Gasteiger partial charge in [0.15, 0.2) is 0 Å². The van der Waals surface area contributed by atoms with Crippen molar-refractivity contribution in [3.05, 3.63) is 0 Å². The third kappa shape index (κ3) is 4.94. The van der Waals surface area contributed by atoms with Crippen LogP contribution in [0.2, 0.25) is 0 Å². The van der Waals surface area contributed by atoms with Gasteiger partial charge in [0.2, 0.25) is 0 Å². The Labute approximate surface area is 132 Å². The predicted molar refractivity (Wildman–Crippen MR) is 91.8 cm³/mol. The largest absolute Gasteiger partial charge is 0.314 e. The van der Waals surface area contributed by atoms with Crippen LogP contribution in [0.25, 0.3) is 0 Å². The second kappa shape index (κ2) is 8.50. The lowest BCUT2D eigenvalue weighted by Gasteiger charge is -2.47. The molecule has 1 atom stereocenters. The normalized spacial score (nSPS) is 31.3. The first-order valence-corrected chi connectivity index (χ1v) is 9.33. The summed E-state index contributed by atoms with van der Waals surface area (Å²) < 4.78 is 0. The van der Waals surface area contributed by atoms with Gasteiger partial charge in [0.05, 0.1) is 0 Å². The van der Waals surface area contributed by atoms with Crippen molar-refractivity contribution >= 4 is 0 Å². The molecule has 1 saturated carbocycles. The molecule has 3 nitrogen and oxygen atoms in total. The van der Waals surface area contributed by atoms with Gasteiger partial charge in [0.25, 0.3) is 0 Å². The summed E-state index contributed by atoms with van der Waals surface area (Å²) in [5, 5.41) is 7.31. The fourth-order valence-electron chi connectivity index (χ4n) is 4.06. The molecule has 21 heavy (non-hydrogen) atoms. The van der Waals surface area contributed by atoms with Gasteiger partial charge in [0.1, 0.15) is 0 Å². The zero-order chi connectivity index (χ0) is 15.1. The lowest BCUT2D eigenvalue weighted by molar-refractivity contribution is 0.0377. The van der Waals surface area contributed by atoms with Gasteiger partial charge < -0.3 is 10.6 Å². The van der Waals surface area contributed by atoms with E-state index in [2.05, 4.69) is 36.3 Å². The zero-order valence-corrected chi connectivity index (χ0v) is 14.6. The summed E-state index contributed by atoms with van der Waals surface area (Å²) >= 11 is 0. The highest BCUT2D eigenvalue weighted by molar-refractivity contribution is 4.95. The maximum Gasteiger partial charge on any atom is 0.0307 e. The van der Waals surface area contributed by atoms with Gasteiger partial charge in [-0.15, -0.1) is 0 Å². The molecular formula is C18H37N3. The maximum atomic E-state index is 3.72. The van der Waals surface area contributed by atoms with Gasteiger partial charge in [-0.25, -0.2) is 0 Å². The number of nitrogens with one attached hydrogen (secondary N) is 2. The van der Waals surface area contributed by atoms with Crippen molar-refractivity contribution in [2.45, 2.75) is 89.8 Å². The summed E-state index contributed by atoms with van der Waals surface area (Å²) in [5.74, 6) is 0. The molecule has 0 spiro atoms.